The second-order valence-electron chi connectivity index (χ2n) is 6.03. The third-order valence-electron chi connectivity index (χ3n) is 2.42. The first-order valence-corrected chi connectivity index (χ1v) is 5.37. The Labute approximate surface area is 84.5 Å². The Bertz CT molecular complexity index is 131. The van der Waals surface area contributed by atoms with Crippen LogP contribution in [0.2, 0.25) is 0 Å². The molecule has 1 atom stereocenters. The summed E-state index contributed by atoms with van der Waals surface area (Å²) < 4.78 is 0. The van der Waals surface area contributed by atoms with Crippen molar-refractivity contribution in [1.82, 2.24) is 4.90 Å². The monoisotopic (exact) mass is 185 g/mol. The zero-order chi connectivity index (χ0) is 10.6. The molecule has 0 heterocycles. The molecule has 0 spiro atoms. The molecule has 1 heteroatoms. The largest absolute Gasteiger partial charge is 0.309 e. The van der Waals surface area contributed by atoms with Crippen molar-refractivity contribution in [2.75, 3.05) is 20.6 Å². The molecule has 0 aliphatic rings. The average Bonchev–Trinajstić information content (AvgIpc) is 1.81. The van der Waals surface area contributed by atoms with Crippen LogP contribution in [0.15, 0.2) is 0 Å². The number of hydrogen-bond acceptors (Lipinski definition) is 1. The van der Waals surface area contributed by atoms with E-state index in [9.17, 15) is 0 Å². The van der Waals surface area contributed by atoms with Gasteiger partial charge in [-0.2, -0.15) is 0 Å². The Morgan fingerprint density at radius 1 is 1.08 bits per heavy atom. The second-order valence-corrected chi connectivity index (χ2v) is 6.03. The zero-order valence-electron chi connectivity index (χ0n) is 10.5. The summed E-state index contributed by atoms with van der Waals surface area (Å²) in [6.07, 6.45) is 1.32. The Kier molecular flexibility index (Phi) is 4.98. The Balaban J connectivity index is 4.11. The van der Waals surface area contributed by atoms with Crippen LogP contribution in [0.1, 0.15) is 41.0 Å². The van der Waals surface area contributed by atoms with Gasteiger partial charge in [-0.3, -0.25) is 0 Å². The Morgan fingerprint density at radius 3 is 1.77 bits per heavy atom. The molecule has 0 fully saturated rings. The van der Waals surface area contributed by atoms with Crippen LogP contribution < -0.4 is 0 Å². The maximum absolute atomic E-state index is 2.33. The molecule has 0 aromatic rings. The van der Waals surface area contributed by atoms with E-state index in [1.165, 1.54) is 13.0 Å². The minimum Gasteiger partial charge on any atom is -0.309 e. The first-order valence-electron chi connectivity index (χ1n) is 5.37. The van der Waals surface area contributed by atoms with Crippen LogP contribution >= 0.6 is 0 Å². The molecule has 0 N–H and O–H groups in total. The van der Waals surface area contributed by atoms with Crippen LogP contribution in [0.5, 0.6) is 0 Å². The molecule has 0 amide bonds. The molecule has 0 aliphatic heterocycles. The maximum Gasteiger partial charge on any atom is 0.000620 e. The fourth-order valence-corrected chi connectivity index (χ4v) is 1.77. The predicted molar refractivity (Wildman–Crippen MR) is 61.0 cm³/mol. The molecule has 0 radical (unpaired) electrons. The summed E-state index contributed by atoms with van der Waals surface area (Å²) in [6, 6.07) is 0. The minimum atomic E-state index is 0.463. The molecule has 0 rings (SSSR count). The first-order chi connectivity index (χ1) is 5.72. The van der Waals surface area contributed by atoms with Crippen molar-refractivity contribution >= 4 is 0 Å². The van der Waals surface area contributed by atoms with Gasteiger partial charge < -0.3 is 4.90 Å². The van der Waals surface area contributed by atoms with Gasteiger partial charge in [-0.1, -0.05) is 34.6 Å². The van der Waals surface area contributed by atoms with E-state index in [2.05, 4.69) is 53.6 Å². The lowest BCUT2D eigenvalue weighted by Crippen LogP contribution is -2.28. The van der Waals surface area contributed by atoms with Crippen LogP contribution in [0, 0.1) is 17.3 Å². The molecule has 80 valence electrons. The lowest BCUT2D eigenvalue weighted by molar-refractivity contribution is 0.194. The minimum absolute atomic E-state index is 0.463. The lowest BCUT2D eigenvalue weighted by atomic mass is 9.79. The van der Waals surface area contributed by atoms with Gasteiger partial charge in [-0.15, -0.1) is 0 Å². The van der Waals surface area contributed by atoms with Crippen molar-refractivity contribution in [3.8, 4) is 0 Å². The standard InChI is InChI=1S/C12H27N/c1-10(2)11(9-13(6)7)8-12(3,4)5/h10-11H,8-9H2,1-7H3/t11-/m0/s1. The zero-order valence-corrected chi connectivity index (χ0v) is 10.5. The molecule has 0 saturated carbocycles. The van der Waals surface area contributed by atoms with Crippen molar-refractivity contribution in [3.05, 3.63) is 0 Å². The SMILES string of the molecule is CC(C)[C@H](CN(C)C)CC(C)(C)C. The third-order valence-corrected chi connectivity index (χ3v) is 2.42. The Hall–Kier alpha value is -0.0400. The molecule has 0 unspecified atom stereocenters. The third kappa shape index (κ3) is 7.06. The molecular weight excluding hydrogens is 158 g/mol. The smallest absolute Gasteiger partial charge is 0.000620 e. The fraction of sp³-hybridized carbons (Fsp3) is 1.00. The normalized spacial score (nSPS) is 15.5. The van der Waals surface area contributed by atoms with E-state index in [0.29, 0.717) is 5.41 Å². The summed E-state index contributed by atoms with van der Waals surface area (Å²) in [4.78, 5) is 2.30. The first kappa shape index (κ1) is 13.0. The molecule has 1 nitrogen and oxygen atoms in total. The predicted octanol–water partition coefficient (Wildman–Crippen LogP) is 3.26. The molecule has 0 aliphatic carbocycles. The quantitative estimate of drug-likeness (QED) is 0.650. The van der Waals surface area contributed by atoms with Crippen LogP contribution in [0.4, 0.5) is 0 Å². The van der Waals surface area contributed by atoms with Crippen LogP contribution in [0.3, 0.4) is 0 Å². The lowest BCUT2D eigenvalue weighted by Gasteiger charge is -2.30. The summed E-state index contributed by atoms with van der Waals surface area (Å²) >= 11 is 0. The van der Waals surface area contributed by atoms with E-state index in [-0.39, 0.29) is 0 Å². The highest BCUT2D eigenvalue weighted by molar-refractivity contribution is 4.73. The van der Waals surface area contributed by atoms with Gasteiger partial charge in [-0.25, -0.2) is 0 Å². The summed E-state index contributed by atoms with van der Waals surface area (Å²) in [5, 5.41) is 0. The van der Waals surface area contributed by atoms with Gasteiger partial charge in [0, 0.05) is 6.54 Å². The van der Waals surface area contributed by atoms with E-state index in [1.54, 1.807) is 0 Å². The number of rotatable bonds is 4. The van der Waals surface area contributed by atoms with Crippen molar-refractivity contribution in [3.63, 3.8) is 0 Å². The van der Waals surface area contributed by atoms with Crippen LogP contribution in [-0.2, 0) is 0 Å². The van der Waals surface area contributed by atoms with Gasteiger partial charge in [-0.05, 0) is 37.8 Å². The topological polar surface area (TPSA) is 3.24 Å². The highest BCUT2D eigenvalue weighted by Crippen LogP contribution is 2.28. The molecular formula is C12H27N. The van der Waals surface area contributed by atoms with Crippen molar-refractivity contribution in [2.24, 2.45) is 17.3 Å². The number of nitrogens with zero attached hydrogens (tertiary/aromatic N) is 1. The maximum atomic E-state index is 2.33. The molecule has 0 bridgehead atoms. The van der Waals surface area contributed by atoms with E-state index in [1.807, 2.05) is 0 Å². The molecule has 0 aromatic carbocycles. The van der Waals surface area contributed by atoms with Gasteiger partial charge in [0.1, 0.15) is 0 Å². The highest BCUT2D eigenvalue weighted by Gasteiger charge is 2.21. The summed E-state index contributed by atoms with van der Waals surface area (Å²) in [7, 11) is 4.33. The number of hydrogen-bond donors (Lipinski definition) is 0. The summed E-state index contributed by atoms with van der Waals surface area (Å²) in [6.45, 7) is 12.9. The van der Waals surface area contributed by atoms with Gasteiger partial charge in [0.2, 0.25) is 0 Å². The Morgan fingerprint density at radius 2 is 1.54 bits per heavy atom. The van der Waals surface area contributed by atoms with Gasteiger partial charge >= 0.3 is 0 Å². The van der Waals surface area contributed by atoms with Gasteiger partial charge in [0.05, 0.1) is 0 Å². The fourth-order valence-electron chi connectivity index (χ4n) is 1.77. The molecule has 13 heavy (non-hydrogen) atoms. The van der Waals surface area contributed by atoms with E-state index in [0.717, 1.165) is 11.8 Å². The van der Waals surface area contributed by atoms with Gasteiger partial charge in [0.25, 0.3) is 0 Å². The van der Waals surface area contributed by atoms with Crippen LogP contribution in [0.25, 0.3) is 0 Å². The molecule has 0 saturated heterocycles. The second kappa shape index (κ2) is 4.99. The molecule has 0 aromatic heterocycles. The van der Waals surface area contributed by atoms with Crippen molar-refractivity contribution in [2.45, 2.75) is 41.0 Å². The van der Waals surface area contributed by atoms with Gasteiger partial charge in [0.15, 0.2) is 0 Å². The van der Waals surface area contributed by atoms with Crippen LogP contribution in [-0.4, -0.2) is 25.5 Å². The summed E-state index contributed by atoms with van der Waals surface area (Å²) in [5.74, 6) is 1.62. The highest BCUT2D eigenvalue weighted by atomic mass is 15.1. The van der Waals surface area contributed by atoms with E-state index in [4.69, 9.17) is 0 Å². The van der Waals surface area contributed by atoms with Crippen molar-refractivity contribution in [1.29, 1.82) is 0 Å². The van der Waals surface area contributed by atoms with Crippen molar-refractivity contribution < 1.29 is 0 Å². The average molecular weight is 185 g/mol. The van der Waals surface area contributed by atoms with E-state index >= 15 is 0 Å². The summed E-state index contributed by atoms with van der Waals surface area (Å²) in [5.41, 5.74) is 0.463. The van der Waals surface area contributed by atoms with E-state index < -0.39 is 0 Å².